The van der Waals surface area contributed by atoms with Crippen molar-refractivity contribution in [3.63, 3.8) is 0 Å². The summed E-state index contributed by atoms with van der Waals surface area (Å²) in [5.74, 6) is 0.228. The van der Waals surface area contributed by atoms with Gasteiger partial charge in [0.05, 0.1) is 38.3 Å². The maximum Gasteiger partial charge on any atom is 0.296 e. The molecule has 0 radical (unpaired) electrons. The van der Waals surface area contributed by atoms with Gasteiger partial charge in [-0.25, -0.2) is 4.39 Å². The SMILES string of the molecule is COc1cc(N2CC(O)(c3ccc(F)cc3)C2)c([N+](=O)[O-])cc1OC. The van der Waals surface area contributed by atoms with Crippen molar-refractivity contribution in [2.24, 2.45) is 0 Å². The van der Waals surface area contributed by atoms with Crippen LogP contribution in [0.25, 0.3) is 0 Å². The Balaban J connectivity index is 1.91. The second-order valence-corrected chi connectivity index (χ2v) is 5.85. The molecule has 2 aromatic carbocycles. The maximum atomic E-state index is 13.0. The molecule has 1 aliphatic rings. The van der Waals surface area contributed by atoms with Crippen LogP contribution < -0.4 is 14.4 Å². The second-order valence-electron chi connectivity index (χ2n) is 5.85. The molecular formula is C17H17FN2O5. The first-order valence-electron chi connectivity index (χ1n) is 7.52. The highest BCUT2D eigenvalue weighted by Gasteiger charge is 2.45. The van der Waals surface area contributed by atoms with Crippen molar-refractivity contribution in [3.05, 3.63) is 57.9 Å². The first kappa shape index (κ1) is 17.0. The number of ether oxygens (including phenoxy) is 2. The van der Waals surface area contributed by atoms with Gasteiger partial charge in [0.25, 0.3) is 5.69 Å². The minimum absolute atomic E-state index is 0.140. The number of nitrogens with zero attached hydrogens (tertiary/aromatic N) is 2. The molecule has 0 saturated carbocycles. The van der Waals surface area contributed by atoms with E-state index >= 15 is 0 Å². The number of nitro groups is 1. The third kappa shape index (κ3) is 2.96. The number of rotatable bonds is 5. The molecule has 0 atom stereocenters. The summed E-state index contributed by atoms with van der Waals surface area (Å²) < 4.78 is 23.3. The molecule has 3 rings (SSSR count). The summed E-state index contributed by atoms with van der Waals surface area (Å²) in [7, 11) is 2.84. The van der Waals surface area contributed by atoms with Gasteiger partial charge in [-0.1, -0.05) is 12.1 Å². The molecule has 1 N–H and O–H groups in total. The van der Waals surface area contributed by atoms with Crippen molar-refractivity contribution >= 4 is 11.4 Å². The highest BCUT2D eigenvalue weighted by Crippen LogP contribution is 2.44. The number of hydrogen-bond acceptors (Lipinski definition) is 6. The third-order valence-electron chi connectivity index (χ3n) is 4.30. The topological polar surface area (TPSA) is 85.1 Å². The fraction of sp³-hybridized carbons (Fsp3) is 0.294. The Morgan fingerprint density at radius 1 is 1.16 bits per heavy atom. The Hall–Kier alpha value is -2.87. The standard InChI is InChI=1S/C17H17FN2O5/c1-24-15-7-13(14(20(22)23)8-16(15)25-2)19-9-17(21,10-19)11-3-5-12(18)6-4-11/h3-8,21H,9-10H2,1-2H3. The molecule has 1 aliphatic heterocycles. The predicted octanol–water partition coefficient (Wildman–Crippen LogP) is 2.46. The van der Waals surface area contributed by atoms with E-state index in [4.69, 9.17) is 9.47 Å². The van der Waals surface area contributed by atoms with E-state index in [1.54, 1.807) is 4.90 Å². The Labute approximate surface area is 143 Å². The van der Waals surface area contributed by atoms with Crippen LogP contribution in [-0.2, 0) is 5.60 Å². The predicted molar refractivity (Wildman–Crippen MR) is 88.7 cm³/mol. The minimum Gasteiger partial charge on any atom is -0.493 e. The number of aliphatic hydroxyl groups is 1. The van der Waals surface area contributed by atoms with Crippen molar-refractivity contribution in [1.29, 1.82) is 0 Å². The van der Waals surface area contributed by atoms with Gasteiger partial charge in [-0.15, -0.1) is 0 Å². The number of methoxy groups -OCH3 is 2. The van der Waals surface area contributed by atoms with Crippen LogP contribution >= 0.6 is 0 Å². The molecule has 25 heavy (non-hydrogen) atoms. The van der Waals surface area contributed by atoms with Crippen LogP contribution in [-0.4, -0.2) is 37.3 Å². The molecule has 8 heteroatoms. The zero-order chi connectivity index (χ0) is 18.2. The van der Waals surface area contributed by atoms with E-state index < -0.39 is 10.5 Å². The van der Waals surface area contributed by atoms with Crippen LogP contribution in [0.4, 0.5) is 15.8 Å². The Morgan fingerprint density at radius 2 is 1.72 bits per heavy atom. The van der Waals surface area contributed by atoms with Gasteiger partial charge in [-0.3, -0.25) is 10.1 Å². The number of nitro benzene ring substituents is 1. The van der Waals surface area contributed by atoms with Crippen molar-refractivity contribution < 1.29 is 23.9 Å². The molecule has 7 nitrogen and oxygen atoms in total. The summed E-state index contributed by atoms with van der Waals surface area (Å²) in [4.78, 5) is 12.5. The average Bonchev–Trinajstić information content (AvgIpc) is 2.58. The molecule has 0 unspecified atom stereocenters. The van der Waals surface area contributed by atoms with E-state index in [1.807, 2.05) is 0 Å². The van der Waals surface area contributed by atoms with Crippen LogP contribution in [0.3, 0.4) is 0 Å². The molecule has 0 aliphatic carbocycles. The van der Waals surface area contributed by atoms with E-state index in [-0.39, 0.29) is 30.3 Å². The summed E-state index contributed by atoms with van der Waals surface area (Å²) >= 11 is 0. The number of halogens is 1. The monoisotopic (exact) mass is 348 g/mol. The Kier molecular flexibility index (Phi) is 4.22. The van der Waals surface area contributed by atoms with Crippen LogP contribution in [0, 0.1) is 15.9 Å². The van der Waals surface area contributed by atoms with E-state index in [0.717, 1.165) is 0 Å². The van der Waals surface area contributed by atoms with Crippen LogP contribution in [0.15, 0.2) is 36.4 Å². The van der Waals surface area contributed by atoms with Gasteiger partial charge in [0.15, 0.2) is 11.5 Å². The third-order valence-corrected chi connectivity index (χ3v) is 4.30. The fourth-order valence-electron chi connectivity index (χ4n) is 2.96. The maximum absolute atomic E-state index is 13.0. The van der Waals surface area contributed by atoms with Gasteiger partial charge in [0.2, 0.25) is 0 Å². The molecule has 0 spiro atoms. The largest absolute Gasteiger partial charge is 0.493 e. The van der Waals surface area contributed by atoms with Crippen molar-refractivity contribution in [2.45, 2.75) is 5.60 Å². The van der Waals surface area contributed by atoms with Gasteiger partial charge < -0.3 is 19.5 Å². The average molecular weight is 348 g/mol. The molecule has 0 aromatic heterocycles. The van der Waals surface area contributed by atoms with E-state index in [9.17, 15) is 19.6 Å². The summed E-state index contributed by atoms with van der Waals surface area (Å²) in [6.45, 7) is 0.296. The molecular weight excluding hydrogens is 331 g/mol. The Morgan fingerprint density at radius 3 is 2.24 bits per heavy atom. The van der Waals surface area contributed by atoms with Crippen molar-refractivity contribution in [3.8, 4) is 11.5 Å². The minimum atomic E-state index is -1.19. The van der Waals surface area contributed by atoms with Gasteiger partial charge in [-0.05, 0) is 17.7 Å². The van der Waals surface area contributed by atoms with Crippen LogP contribution in [0.1, 0.15) is 5.56 Å². The lowest BCUT2D eigenvalue weighted by molar-refractivity contribution is -0.384. The van der Waals surface area contributed by atoms with E-state index in [2.05, 4.69) is 0 Å². The molecule has 0 amide bonds. The normalized spacial score (nSPS) is 15.4. The molecule has 1 saturated heterocycles. The molecule has 1 heterocycles. The van der Waals surface area contributed by atoms with Crippen LogP contribution in [0.2, 0.25) is 0 Å². The van der Waals surface area contributed by atoms with Gasteiger partial charge >= 0.3 is 0 Å². The second kappa shape index (κ2) is 6.21. The summed E-state index contributed by atoms with van der Waals surface area (Å²) in [5.41, 5.74) is -0.434. The number of hydrogen-bond donors (Lipinski definition) is 1. The zero-order valence-corrected chi connectivity index (χ0v) is 13.7. The van der Waals surface area contributed by atoms with Gasteiger partial charge in [0, 0.05) is 6.07 Å². The highest BCUT2D eigenvalue weighted by molar-refractivity contribution is 5.71. The van der Waals surface area contributed by atoms with Crippen molar-refractivity contribution in [1.82, 2.24) is 0 Å². The van der Waals surface area contributed by atoms with E-state index in [1.165, 1.54) is 50.6 Å². The fourth-order valence-corrected chi connectivity index (χ4v) is 2.96. The molecule has 1 fully saturated rings. The first-order valence-corrected chi connectivity index (χ1v) is 7.52. The smallest absolute Gasteiger partial charge is 0.296 e. The quantitative estimate of drug-likeness (QED) is 0.660. The Bertz CT molecular complexity index is 803. The summed E-state index contributed by atoms with van der Waals surface area (Å²) in [6.07, 6.45) is 0. The van der Waals surface area contributed by atoms with Gasteiger partial charge in [0.1, 0.15) is 17.1 Å². The molecule has 132 valence electrons. The summed E-state index contributed by atoms with van der Waals surface area (Å²) in [5, 5.41) is 22.1. The van der Waals surface area contributed by atoms with E-state index in [0.29, 0.717) is 17.0 Å². The molecule has 2 aromatic rings. The zero-order valence-electron chi connectivity index (χ0n) is 13.7. The lowest BCUT2D eigenvalue weighted by Crippen LogP contribution is -2.59. The molecule has 0 bridgehead atoms. The lowest BCUT2D eigenvalue weighted by Gasteiger charge is -2.47. The van der Waals surface area contributed by atoms with Crippen molar-refractivity contribution in [2.75, 3.05) is 32.2 Å². The van der Waals surface area contributed by atoms with Gasteiger partial charge in [-0.2, -0.15) is 0 Å². The lowest BCUT2D eigenvalue weighted by atomic mass is 9.85. The number of anilines is 1. The number of β-amino-alcohol motifs (C(OH)–C–C–N with tert-alkyl or cyclic N) is 1. The highest BCUT2D eigenvalue weighted by atomic mass is 19.1. The van der Waals surface area contributed by atoms with Crippen LogP contribution in [0.5, 0.6) is 11.5 Å². The number of benzene rings is 2. The first-order chi connectivity index (χ1) is 11.9. The summed E-state index contributed by atoms with van der Waals surface area (Å²) in [6, 6.07) is 8.37.